The minimum Gasteiger partial charge on any atom is -0.491 e. The largest absolute Gasteiger partial charge is 0.491 e. The smallest absolute Gasteiger partial charge is 0.273 e. The molecule has 9 nitrogen and oxygen atoms in total. The van der Waals surface area contributed by atoms with E-state index in [1.54, 1.807) is 35.6 Å². The molecular formula is C24H28N6O3. The number of anilines is 2. The Morgan fingerprint density at radius 3 is 2.91 bits per heavy atom. The Morgan fingerprint density at radius 2 is 2.03 bits per heavy atom. The van der Waals surface area contributed by atoms with Gasteiger partial charge in [0.1, 0.15) is 17.3 Å². The molecule has 1 aromatic carbocycles. The van der Waals surface area contributed by atoms with Gasteiger partial charge in [-0.3, -0.25) is 9.59 Å². The van der Waals surface area contributed by atoms with E-state index in [-0.39, 0.29) is 18.4 Å². The maximum atomic E-state index is 13.2. The Kier molecular flexibility index (Phi) is 7.52. The minimum atomic E-state index is -0.260. The molecular weight excluding hydrogens is 420 g/mol. The molecule has 0 saturated carbocycles. The van der Waals surface area contributed by atoms with E-state index < -0.39 is 0 Å². The number of ether oxygens (including phenoxy) is 1. The van der Waals surface area contributed by atoms with Gasteiger partial charge in [0.05, 0.1) is 25.2 Å². The summed E-state index contributed by atoms with van der Waals surface area (Å²) in [5.41, 5.74) is 2.03. The van der Waals surface area contributed by atoms with Gasteiger partial charge in [0, 0.05) is 31.4 Å². The van der Waals surface area contributed by atoms with Crippen molar-refractivity contribution < 1.29 is 14.3 Å². The average Bonchev–Trinajstić information content (AvgIpc) is 3.34. The van der Waals surface area contributed by atoms with Crippen molar-refractivity contribution in [1.29, 1.82) is 0 Å². The molecule has 0 atom stereocenters. The van der Waals surface area contributed by atoms with Crippen LogP contribution in [0.2, 0.25) is 0 Å². The van der Waals surface area contributed by atoms with Gasteiger partial charge in [-0.2, -0.15) is 0 Å². The number of nitrogens with zero attached hydrogens (tertiary/aromatic N) is 3. The third-order valence-electron chi connectivity index (χ3n) is 5.34. The summed E-state index contributed by atoms with van der Waals surface area (Å²) in [6, 6.07) is 12.9. The summed E-state index contributed by atoms with van der Waals surface area (Å²) >= 11 is 0. The number of amides is 2. The van der Waals surface area contributed by atoms with Crippen molar-refractivity contribution in [2.75, 3.05) is 31.6 Å². The third kappa shape index (κ3) is 6.31. The van der Waals surface area contributed by atoms with E-state index in [2.05, 4.69) is 25.6 Å². The molecule has 0 radical (unpaired) electrons. The molecule has 3 heterocycles. The molecule has 9 heteroatoms. The van der Waals surface area contributed by atoms with Crippen LogP contribution in [0.5, 0.6) is 5.75 Å². The Balaban J connectivity index is 1.46. The first-order valence-corrected chi connectivity index (χ1v) is 11.2. The van der Waals surface area contributed by atoms with Crippen molar-refractivity contribution in [2.45, 2.75) is 25.7 Å². The van der Waals surface area contributed by atoms with Crippen LogP contribution in [0.1, 0.15) is 35.4 Å². The number of H-pyrrole nitrogens is 1. The van der Waals surface area contributed by atoms with Crippen LogP contribution in [0, 0.1) is 0 Å². The van der Waals surface area contributed by atoms with E-state index in [4.69, 9.17) is 4.74 Å². The van der Waals surface area contributed by atoms with Gasteiger partial charge in [0.2, 0.25) is 5.91 Å². The van der Waals surface area contributed by atoms with E-state index in [0.717, 1.165) is 36.4 Å². The van der Waals surface area contributed by atoms with Crippen molar-refractivity contribution >= 4 is 23.3 Å². The molecule has 0 fully saturated rings. The van der Waals surface area contributed by atoms with E-state index in [1.807, 2.05) is 24.3 Å². The van der Waals surface area contributed by atoms with Gasteiger partial charge < -0.3 is 25.3 Å². The van der Waals surface area contributed by atoms with Crippen molar-refractivity contribution in [3.05, 3.63) is 66.4 Å². The lowest BCUT2D eigenvalue weighted by atomic mass is 10.2. The fourth-order valence-electron chi connectivity index (χ4n) is 3.62. The number of pyridine rings is 1. The highest BCUT2D eigenvalue weighted by molar-refractivity contribution is 5.95. The number of carbonyl (C=O) groups excluding carboxylic acids is 2. The number of carbonyl (C=O) groups is 2. The molecule has 172 valence electrons. The summed E-state index contributed by atoms with van der Waals surface area (Å²) in [6.07, 6.45) is 6.50. The first-order chi connectivity index (χ1) is 16.2. The van der Waals surface area contributed by atoms with Crippen molar-refractivity contribution in [3.8, 4) is 5.75 Å². The lowest BCUT2D eigenvalue weighted by molar-refractivity contribution is -0.121. The van der Waals surface area contributed by atoms with E-state index in [9.17, 15) is 9.59 Å². The zero-order chi connectivity index (χ0) is 22.9. The zero-order valence-electron chi connectivity index (χ0n) is 18.4. The summed E-state index contributed by atoms with van der Waals surface area (Å²) in [6.45, 7) is 1.51. The number of hydrogen-bond donors (Lipinski definition) is 3. The van der Waals surface area contributed by atoms with E-state index in [1.165, 1.54) is 0 Å². The predicted octanol–water partition coefficient (Wildman–Crippen LogP) is 2.91. The van der Waals surface area contributed by atoms with Gasteiger partial charge in [-0.15, -0.1) is 0 Å². The van der Waals surface area contributed by atoms with Crippen molar-refractivity contribution in [2.24, 2.45) is 0 Å². The number of rotatable bonds is 5. The van der Waals surface area contributed by atoms with Crippen LogP contribution in [0.25, 0.3) is 0 Å². The lowest BCUT2D eigenvalue weighted by Crippen LogP contribution is -2.42. The van der Waals surface area contributed by atoms with Crippen LogP contribution in [0.3, 0.4) is 0 Å². The van der Waals surface area contributed by atoms with Gasteiger partial charge in [-0.25, -0.2) is 9.97 Å². The maximum absolute atomic E-state index is 13.2. The molecule has 1 aliphatic heterocycles. The van der Waals surface area contributed by atoms with Gasteiger partial charge >= 0.3 is 0 Å². The summed E-state index contributed by atoms with van der Waals surface area (Å²) in [5.74, 6) is 0.832. The number of hydrogen-bond acceptors (Lipinski definition) is 6. The SMILES string of the molecule is O=C(CN1CCCCCOc2ccccc2Nc2cccc(n2)C1=O)NCCc1cnc[nH]1. The van der Waals surface area contributed by atoms with Crippen LogP contribution in [-0.4, -0.2) is 57.9 Å². The molecule has 0 spiro atoms. The average molecular weight is 449 g/mol. The van der Waals surface area contributed by atoms with Gasteiger partial charge in [0.15, 0.2) is 0 Å². The number of aromatic amines is 1. The minimum absolute atomic E-state index is 0.0134. The fraction of sp³-hybridized carbons (Fsp3) is 0.333. The summed E-state index contributed by atoms with van der Waals surface area (Å²) in [5, 5.41) is 6.12. The molecule has 2 aromatic heterocycles. The molecule has 0 saturated heterocycles. The Bertz CT molecular complexity index is 1070. The number of aromatic nitrogens is 3. The number of imidazole rings is 1. The highest BCUT2D eigenvalue weighted by Gasteiger charge is 2.20. The quantitative estimate of drug-likeness (QED) is 0.553. The van der Waals surface area contributed by atoms with Crippen LogP contribution in [-0.2, 0) is 11.2 Å². The normalized spacial score (nSPS) is 14.4. The van der Waals surface area contributed by atoms with Crippen LogP contribution >= 0.6 is 0 Å². The molecule has 33 heavy (non-hydrogen) atoms. The number of para-hydroxylation sites is 2. The van der Waals surface area contributed by atoms with Crippen LogP contribution < -0.4 is 15.4 Å². The second kappa shape index (κ2) is 11.1. The summed E-state index contributed by atoms with van der Waals surface area (Å²) in [7, 11) is 0. The number of benzene rings is 1. The maximum Gasteiger partial charge on any atom is 0.273 e. The Morgan fingerprint density at radius 1 is 1.12 bits per heavy atom. The van der Waals surface area contributed by atoms with Gasteiger partial charge in [0.25, 0.3) is 5.91 Å². The first-order valence-electron chi connectivity index (χ1n) is 11.2. The topological polar surface area (TPSA) is 112 Å². The molecule has 3 N–H and O–H groups in total. The number of nitrogens with one attached hydrogen (secondary N) is 3. The number of fused-ring (bicyclic) bond motifs is 3. The third-order valence-corrected chi connectivity index (χ3v) is 5.34. The monoisotopic (exact) mass is 448 g/mol. The molecule has 0 unspecified atom stereocenters. The molecule has 0 aliphatic carbocycles. The second-order valence-corrected chi connectivity index (χ2v) is 7.84. The molecule has 2 bridgehead atoms. The standard InChI is InChI=1S/C24H28N6O3/c31-23(26-12-11-18-15-25-17-27-18)16-30-13-4-1-5-14-33-21-9-3-2-7-19(21)28-22-10-6-8-20(29-22)24(30)32/h2-3,6-10,15,17H,1,4-5,11-14,16H2,(H,25,27)(H,26,31)(H,28,29). The highest BCUT2D eigenvalue weighted by Crippen LogP contribution is 2.27. The molecule has 4 rings (SSSR count). The zero-order valence-corrected chi connectivity index (χ0v) is 18.4. The molecule has 2 amide bonds. The molecule has 1 aliphatic rings. The predicted molar refractivity (Wildman–Crippen MR) is 125 cm³/mol. The van der Waals surface area contributed by atoms with Crippen molar-refractivity contribution in [1.82, 2.24) is 25.2 Å². The van der Waals surface area contributed by atoms with Gasteiger partial charge in [-0.1, -0.05) is 18.2 Å². The fourth-order valence-corrected chi connectivity index (χ4v) is 3.62. The lowest BCUT2D eigenvalue weighted by Gasteiger charge is -2.23. The van der Waals surface area contributed by atoms with Crippen molar-refractivity contribution in [3.63, 3.8) is 0 Å². The summed E-state index contributed by atoms with van der Waals surface area (Å²) in [4.78, 5) is 38.8. The summed E-state index contributed by atoms with van der Waals surface area (Å²) < 4.78 is 5.95. The Labute approximate surface area is 192 Å². The van der Waals surface area contributed by atoms with E-state index >= 15 is 0 Å². The van der Waals surface area contributed by atoms with Gasteiger partial charge in [-0.05, 0) is 43.5 Å². The van der Waals surface area contributed by atoms with Crippen LogP contribution in [0.4, 0.5) is 11.5 Å². The highest BCUT2D eigenvalue weighted by atomic mass is 16.5. The Hall–Kier alpha value is -3.88. The first kappa shape index (κ1) is 22.3. The van der Waals surface area contributed by atoms with E-state index in [0.29, 0.717) is 37.6 Å². The molecule has 3 aromatic rings. The van der Waals surface area contributed by atoms with Crippen LogP contribution in [0.15, 0.2) is 55.0 Å². The second-order valence-electron chi connectivity index (χ2n) is 7.84.